The molecule has 0 unspecified atom stereocenters. The molecule has 0 N–H and O–H groups in total. The average molecular weight is 326 g/mol. The zero-order valence-corrected chi connectivity index (χ0v) is 13.6. The van der Waals surface area contributed by atoms with E-state index >= 15 is 8.39 Å². The van der Waals surface area contributed by atoms with E-state index in [-0.39, 0.29) is 6.61 Å². The van der Waals surface area contributed by atoms with E-state index < -0.39 is 12.6 Å². The van der Waals surface area contributed by atoms with Gasteiger partial charge in [-0.3, -0.25) is 0 Å². The Bertz CT molecular complexity index is 489. The van der Waals surface area contributed by atoms with Crippen LogP contribution in [0.1, 0.15) is 31.5 Å². The number of benzene rings is 1. The molecule has 3 nitrogen and oxygen atoms in total. The molecule has 1 aliphatic rings. The van der Waals surface area contributed by atoms with E-state index in [2.05, 4.69) is 0 Å². The number of hydrogen-bond donors (Lipinski definition) is 0. The zero-order chi connectivity index (χ0) is 15.1. The van der Waals surface area contributed by atoms with Crippen molar-refractivity contribution in [3.05, 3.63) is 35.9 Å². The summed E-state index contributed by atoms with van der Waals surface area (Å²) in [4.78, 5) is 0. The van der Waals surface area contributed by atoms with Crippen LogP contribution < -0.4 is 0 Å². The fraction of sp³-hybridized carbons (Fsp3) is 0.538. The van der Waals surface area contributed by atoms with E-state index in [0.717, 1.165) is 21.3 Å². The molecule has 0 atom stereocenters. The second-order valence-electron chi connectivity index (χ2n) is 5.22. The first-order chi connectivity index (χ1) is 9.16. The van der Waals surface area contributed by atoms with Gasteiger partial charge in [0.1, 0.15) is 0 Å². The molecule has 1 aromatic rings. The summed E-state index contributed by atoms with van der Waals surface area (Å²) < 4.78 is 37.2. The topological polar surface area (TPSA) is 15.7 Å². The molecule has 2 rings (SSSR count). The Kier molecular flexibility index (Phi) is 3.68. The van der Waals surface area contributed by atoms with Gasteiger partial charge in [0.2, 0.25) is 0 Å². The molecule has 0 aliphatic carbocycles. The number of halogens is 3. The summed E-state index contributed by atoms with van der Waals surface area (Å²) >= 11 is 5.83. The molecular formula is C13H21ClF2N2OP-. The molecule has 20 heavy (non-hydrogen) atoms. The Labute approximate surface area is 123 Å². The van der Waals surface area contributed by atoms with Gasteiger partial charge in [0.25, 0.3) is 0 Å². The predicted molar refractivity (Wildman–Crippen MR) is 80.6 cm³/mol. The van der Waals surface area contributed by atoms with E-state index in [4.69, 9.17) is 15.8 Å². The molecule has 0 aromatic heterocycles. The van der Waals surface area contributed by atoms with E-state index in [1.165, 1.54) is 14.1 Å². The van der Waals surface area contributed by atoms with Gasteiger partial charge in [0.15, 0.2) is 0 Å². The van der Waals surface area contributed by atoms with Crippen LogP contribution in [0.5, 0.6) is 0 Å². The number of unbranched alkanes of at least 4 members (excludes halogenated alkanes) is 1. The van der Waals surface area contributed by atoms with Crippen molar-refractivity contribution in [2.45, 2.75) is 25.9 Å². The molecule has 116 valence electrons. The molecule has 0 spiro atoms. The van der Waals surface area contributed by atoms with Crippen LogP contribution in [0.15, 0.2) is 30.3 Å². The Morgan fingerprint density at radius 1 is 1.20 bits per heavy atom. The quantitative estimate of drug-likeness (QED) is 0.551. The van der Waals surface area contributed by atoms with Gasteiger partial charge in [-0.1, -0.05) is 0 Å². The normalized spacial score (nSPS) is 31.4. The minimum atomic E-state index is -6.52. The first-order valence-electron chi connectivity index (χ1n) is 6.70. The van der Waals surface area contributed by atoms with Crippen LogP contribution in [-0.4, -0.2) is 30.0 Å². The number of rotatable bonds is 5. The minimum absolute atomic E-state index is 0.0426. The maximum absolute atomic E-state index is 15.2. The molecule has 0 amide bonds. The molecule has 1 heterocycles. The maximum atomic E-state index is 15.2. The van der Waals surface area contributed by atoms with Crippen LogP contribution >= 0.6 is 17.7 Å². The summed E-state index contributed by atoms with van der Waals surface area (Å²) in [7, 11) is 2.65. The van der Waals surface area contributed by atoms with Gasteiger partial charge < -0.3 is 0 Å². The summed E-state index contributed by atoms with van der Waals surface area (Å²) in [5.41, 5.74) is 0.772. The van der Waals surface area contributed by atoms with E-state index in [9.17, 15) is 0 Å². The molecule has 0 bridgehead atoms. The fourth-order valence-electron chi connectivity index (χ4n) is 2.48. The molecular weight excluding hydrogens is 305 g/mol. The monoisotopic (exact) mass is 325 g/mol. The van der Waals surface area contributed by atoms with Crippen LogP contribution in [-0.2, 0) is 4.52 Å². The van der Waals surface area contributed by atoms with Gasteiger partial charge in [-0.2, -0.15) is 0 Å². The summed E-state index contributed by atoms with van der Waals surface area (Å²) in [6, 6.07) is 9.10. The molecule has 0 saturated carbocycles. The number of nitrogens with zero attached hydrogens (tertiary/aromatic N) is 2. The van der Waals surface area contributed by atoms with Crippen molar-refractivity contribution in [3.8, 4) is 0 Å². The summed E-state index contributed by atoms with van der Waals surface area (Å²) in [6.45, 7) is 1.88. The Morgan fingerprint density at radius 2 is 1.75 bits per heavy atom. The van der Waals surface area contributed by atoms with Crippen molar-refractivity contribution in [1.82, 2.24) is 9.34 Å². The van der Waals surface area contributed by atoms with Gasteiger partial charge in [-0.15, -0.1) is 0 Å². The Morgan fingerprint density at radius 3 is 2.25 bits per heavy atom. The van der Waals surface area contributed by atoms with Crippen molar-refractivity contribution in [2.75, 3.05) is 20.7 Å². The van der Waals surface area contributed by atoms with Gasteiger partial charge in [0, 0.05) is 0 Å². The van der Waals surface area contributed by atoms with Gasteiger partial charge in [-0.25, -0.2) is 0 Å². The van der Waals surface area contributed by atoms with Crippen molar-refractivity contribution in [3.63, 3.8) is 0 Å². The summed E-state index contributed by atoms with van der Waals surface area (Å²) in [5.74, 6) is 0. The van der Waals surface area contributed by atoms with Gasteiger partial charge >= 0.3 is 122 Å². The standard InChI is InChI=1S/C13H21ClF2N2OP/c1-4-5-11-19-20(14,15,16)17(2)13(18(20)3)12-9-7-6-8-10-12/h6-10,13H,4-5,11H2,1-3H3/q-1. The zero-order valence-electron chi connectivity index (χ0n) is 12.0. The first kappa shape index (κ1) is 16.1. The molecule has 1 aliphatic heterocycles. The van der Waals surface area contributed by atoms with Crippen LogP contribution in [0, 0.1) is 0 Å². The van der Waals surface area contributed by atoms with Crippen LogP contribution in [0.3, 0.4) is 0 Å². The third kappa shape index (κ3) is 2.16. The Hall–Kier alpha value is -0.320. The molecule has 1 fully saturated rings. The summed E-state index contributed by atoms with van der Waals surface area (Å²) in [5, 5.41) is 0. The average Bonchev–Trinajstić information content (AvgIpc) is 2.40. The van der Waals surface area contributed by atoms with Crippen molar-refractivity contribution in [2.24, 2.45) is 0 Å². The van der Waals surface area contributed by atoms with Crippen LogP contribution in [0.4, 0.5) is 8.39 Å². The number of hydrogen-bond acceptors (Lipinski definition) is 3. The van der Waals surface area contributed by atoms with E-state index in [1.807, 2.05) is 25.1 Å². The second-order valence-corrected chi connectivity index (χ2v) is 11.0. The first-order valence-corrected chi connectivity index (χ1v) is 9.89. The fourth-order valence-corrected chi connectivity index (χ4v) is 5.79. The van der Waals surface area contributed by atoms with Gasteiger partial charge in [-0.05, 0) is 0 Å². The van der Waals surface area contributed by atoms with E-state index in [1.54, 1.807) is 12.1 Å². The second kappa shape index (κ2) is 4.59. The van der Waals surface area contributed by atoms with Gasteiger partial charge in [0.05, 0.1) is 0 Å². The third-order valence-corrected chi connectivity index (χ3v) is 9.29. The third-order valence-electron chi connectivity index (χ3n) is 3.91. The summed E-state index contributed by atoms with van der Waals surface area (Å²) in [6.07, 6.45) is -5.75. The van der Waals surface area contributed by atoms with Crippen molar-refractivity contribution >= 4 is 17.7 Å². The Balaban J connectivity index is 2.27. The predicted octanol–water partition coefficient (Wildman–Crippen LogP) is 5.14. The van der Waals surface area contributed by atoms with E-state index in [0.29, 0.717) is 6.42 Å². The molecule has 1 saturated heterocycles. The SMILES string of the molecule is CCCCO[P-]1(F)(F)(Cl)N(C)C(c2ccccc2)N1C. The molecule has 7 heteroatoms. The molecule has 0 radical (unpaired) electrons. The van der Waals surface area contributed by atoms with Crippen LogP contribution in [0.2, 0.25) is 0 Å². The van der Waals surface area contributed by atoms with Crippen LogP contribution in [0.25, 0.3) is 0 Å². The van der Waals surface area contributed by atoms with Crippen molar-refractivity contribution < 1.29 is 12.9 Å². The van der Waals surface area contributed by atoms with Crippen molar-refractivity contribution in [1.29, 1.82) is 0 Å². The molecule has 1 aromatic carbocycles.